The van der Waals surface area contributed by atoms with Gasteiger partial charge < -0.3 is 0 Å². The van der Waals surface area contributed by atoms with E-state index in [1.807, 2.05) is 6.08 Å². The van der Waals surface area contributed by atoms with Crippen molar-refractivity contribution in [1.82, 2.24) is 0 Å². The van der Waals surface area contributed by atoms with Gasteiger partial charge in [0.05, 0.1) is 5.56 Å². The van der Waals surface area contributed by atoms with Gasteiger partial charge in [0.15, 0.2) is 0 Å². The molecule has 0 N–H and O–H groups in total. The minimum Gasteiger partial charge on any atom is -0.206 e. The minimum absolute atomic E-state index is 0.0234. The molecule has 35 heavy (non-hydrogen) atoms. The van der Waals surface area contributed by atoms with E-state index in [0.717, 1.165) is 44.1 Å². The fourth-order valence-corrected chi connectivity index (χ4v) is 4.72. The summed E-state index contributed by atoms with van der Waals surface area (Å²) >= 11 is 0. The molecule has 0 saturated heterocycles. The number of halogens is 5. The summed E-state index contributed by atoms with van der Waals surface area (Å²) in [5.41, 5.74) is 0.457. The van der Waals surface area contributed by atoms with Gasteiger partial charge in [-0.2, -0.15) is 8.78 Å². The van der Waals surface area contributed by atoms with Gasteiger partial charge in [-0.1, -0.05) is 36.1 Å². The molecule has 1 aliphatic rings. The molecule has 0 nitrogen and oxygen atoms in total. The van der Waals surface area contributed by atoms with Crippen LogP contribution in [-0.2, 0) is 0 Å². The van der Waals surface area contributed by atoms with Crippen molar-refractivity contribution in [3.63, 3.8) is 0 Å². The Morgan fingerprint density at radius 3 is 2.40 bits per heavy atom. The van der Waals surface area contributed by atoms with E-state index >= 15 is 0 Å². The van der Waals surface area contributed by atoms with Crippen LogP contribution >= 0.6 is 0 Å². The molecule has 1 saturated carbocycles. The molecular formula is C30H25F5. The summed E-state index contributed by atoms with van der Waals surface area (Å²) < 4.78 is 68.8. The van der Waals surface area contributed by atoms with Crippen molar-refractivity contribution in [2.75, 3.05) is 0 Å². The molecule has 0 atom stereocenters. The van der Waals surface area contributed by atoms with Gasteiger partial charge in [-0.3, -0.25) is 0 Å². The Labute approximate surface area is 202 Å². The summed E-state index contributed by atoms with van der Waals surface area (Å²) in [6.07, 6.45) is 6.57. The Bertz CT molecular complexity index is 1330. The number of hydrogen-bond acceptors (Lipinski definition) is 0. The van der Waals surface area contributed by atoms with Crippen molar-refractivity contribution in [1.29, 1.82) is 0 Å². The first-order valence-electron chi connectivity index (χ1n) is 11.7. The average molecular weight is 481 g/mol. The van der Waals surface area contributed by atoms with Gasteiger partial charge in [-0.15, -0.1) is 6.58 Å². The molecule has 1 fully saturated rings. The van der Waals surface area contributed by atoms with E-state index in [0.29, 0.717) is 17.0 Å². The van der Waals surface area contributed by atoms with Crippen molar-refractivity contribution in [3.8, 4) is 23.0 Å². The smallest absolute Gasteiger partial charge is 0.206 e. The van der Waals surface area contributed by atoms with Crippen molar-refractivity contribution in [3.05, 3.63) is 89.8 Å². The van der Waals surface area contributed by atoms with E-state index < -0.39 is 29.1 Å². The number of fused-ring (bicyclic) bond motifs is 1. The topological polar surface area (TPSA) is 0 Å². The predicted octanol–water partition coefficient (Wildman–Crippen LogP) is 9.29. The maximum absolute atomic E-state index is 14.9. The molecule has 3 aromatic rings. The van der Waals surface area contributed by atoms with Gasteiger partial charge in [0.1, 0.15) is 17.5 Å². The lowest BCUT2D eigenvalue weighted by Gasteiger charge is -2.25. The second-order valence-electron chi connectivity index (χ2n) is 9.00. The quantitative estimate of drug-likeness (QED) is 0.194. The Morgan fingerprint density at radius 2 is 1.71 bits per heavy atom. The molecule has 0 unspecified atom stereocenters. The lowest BCUT2D eigenvalue weighted by molar-refractivity contribution is 0.303. The highest BCUT2D eigenvalue weighted by molar-refractivity contribution is 5.90. The molecule has 3 aromatic carbocycles. The van der Waals surface area contributed by atoms with E-state index in [1.165, 1.54) is 30.7 Å². The minimum atomic E-state index is -2.19. The van der Waals surface area contributed by atoms with Crippen molar-refractivity contribution in [2.45, 2.75) is 38.5 Å². The standard InChI is InChI=1S/C30H25F5/c1-2-3-4-19-5-7-20(8-6-19)9-10-21-11-13-24(27(31)15-21)22-12-14-25-23(16-22)17-28(32)26(30(25)35)18-29(33)34/h2,11-20H,1,3-8H2. The molecule has 0 spiro atoms. The number of benzene rings is 3. The van der Waals surface area contributed by atoms with E-state index in [4.69, 9.17) is 0 Å². The zero-order chi connectivity index (χ0) is 24.9. The van der Waals surface area contributed by atoms with Gasteiger partial charge in [0, 0.05) is 28.5 Å². The fourth-order valence-electron chi connectivity index (χ4n) is 4.72. The van der Waals surface area contributed by atoms with Crippen LogP contribution in [0.2, 0.25) is 0 Å². The van der Waals surface area contributed by atoms with Crippen LogP contribution in [0.4, 0.5) is 22.0 Å². The maximum atomic E-state index is 14.9. The summed E-state index contributed by atoms with van der Waals surface area (Å²) in [6.45, 7) is 3.78. The van der Waals surface area contributed by atoms with Gasteiger partial charge in [-0.05, 0) is 79.7 Å². The Morgan fingerprint density at radius 1 is 0.943 bits per heavy atom. The van der Waals surface area contributed by atoms with Crippen molar-refractivity contribution in [2.24, 2.45) is 11.8 Å². The highest BCUT2D eigenvalue weighted by Crippen LogP contribution is 2.33. The number of rotatable bonds is 5. The molecule has 1 aliphatic carbocycles. The third kappa shape index (κ3) is 5.82. The SMILES string of the molecule is C=CCCC1CCC(C#Cc2ccc(-c3ccc4c(F)c(C=C(F)F)c(F)cc4c3)c(F)c2)CC1. The molecule has 0 amide bonds. The van der Waals surface area contributed by atoms with Crippen LogP contribution in [-0.4, -0.2) is 0 Å². The molecular weight excluding hydrogens is 455 g/mol. The summed E-state index contributed by atoms with van der Waals surface area (Å²) in [5.74, 6) is 4.72. The highest BCUT2D eigenvalue weighted by Gasteiger charge is 2.19. The monoisotopic (exact) mass is 480 g/mol. The van der Waals surface area contributed by atoms with Crippen molar-refractivity contribution < 1.29 is 22.0 Å². The predicted molar refractivity (Wildman–Crippen MR) is 131 cm³/mol. The summed E-state index contributed by atoms with van der Waals surface area (Å²) in [7, 11) is 0. The molecule has 0 bridgehead atoms. The average Bonchev–Trinajstić information content (AvgIpc) is 2.84. The van der Waals surface area contributed by atoms with Crippen molar-refractivity contribution >= 4 is 16.8 Å². The summed E-state index contributed by atoms with van der Waals surface area (Å²) in [4.78, 5) is 0. The van der Waals surface area contributed by atoms with E-state index in [2.05, 4.69) is 18.4 Å². The van der Waals surface area contributed by atoms with Crippen LogP contribution in [0.25, 0.3) is 28.0 Å². The summed E-state index contributed by atoms with van der Waals surface area (Å²) in [6, 6.07) is 9.92. The number of allylic oxidation sites excluding steroid dienone is 1. The van der Waals surface area contributed by atoms with E-state index in [-0.39, 0.29) is 22.4 Å². The zero-order valence-corrected chi connectivity index (χ0v) is 19.2. The fraction of sp³-hybridized carbons (Fsp3) is 0.267. The second kappa shape index (κ2) is 10.9. The van der Waals surface area contributed by atoms with Gasteiger partial charge in [-0.25, -0.2) is 13.2 Å². The number of hydrogen-bond donors (Lipinski definition) is 0. The molecule has 4 rings (SSSR count). The Kier molecular flexibility index (Phi) is 7.70. The molecule has 5 heteroatoms. The van der Waals surface area contributed by atoms with Crippen LogP contribution in [0, 0.1) is 41.1 Å². The maximum Gasteiger partial charge on any atom is 0.271 e. The van der Waals surface area contributed by atoms with E-state index in [9.17, 15) is 22.0 Å². The van der Waals surface area contributed by atoms with Gasteiger partial charge in [0.2, 0.25) is 0 Å². The third-order valence-electron chi connectivity index (χ3n) is 6.64. The lowest BCUT2D eigenvalue weighted by atomic mass is 9.80. The lowest BCUT2D eigenvalue weighted by Crippen LogP contribution is -2.13. The molecule has 0 aromatic heterocycles. The zero-order valence-electron chi connectivity index (χ0n) is 19.2. The highest BCUT2D eigenvalue weighted by atomic mass is 19.3. The molecule has 180 valence electrons. The first-order valence-corrected chi connectivity index (χ1v) is 11.7. The van der Waals surface area contributed by atoms with Crippen LogP contribution in [0.1, 0.15) is 49.7 Å². The molecule has 0 heterocycles. The van der Waals surface area contributed by atoms with E-state index in [1.54, 1.807) is 12.1 Å². The van der Waals surface area contributed by atoms with Crippen LogP contribution in [0.5, 0.6) is 0 Å². The summed E-state index contributed by atoms with van der Waals surface area (Å²) in [5, 5.41) is 0.130. The third-order valence-corrected chi connectivity index (χ3v) is 6.64. The normalized spacial score (nSPS) is 17.5. The second-order valence-corrected chi connectivity index (χ2v) is 9.00. The largest absolute Gasteiger partial charge is 0.271 e. The van der Waals surface area contributed by atoms with Crippen LogP contribution < -0.4 is 0 Å². The van der Waals surface area contributed by atoms with Gasteiger partial charge >= 0.3 is 0 Å². The first kappa shape index (κ1) is 24.7. The molecule has 0 aliphatic heterocycles. The molecule has 0 radical (unpaired) electrons. The Hall–Kier alpha value is -3.39. The van der Waals surface area contributed by atoms with Crippen LogP contribution in [0.3, 0.4) is 0 Å². The first-order chi connectivity index (χ1) is 16.9. The Balaban J connectivity index is 1.53. The van der Waals surface area contributed by atoms with Crippen LogP contribution in [0.15, 0.2) is 61.2 Å². The van der Waals surface area contributed by atoms with Gasteiger partial charge in [0.25, 0.3) is 6.08 Å².